The molecule has 1 aliphatic heterocycles. The van der Waals surface area contributed by atoms with Gasteiger partial charge in [-0.1, -0.05) is 6.92 Å². The second-order valence-electron chi connectivity index (χ2n) is 4.41. The van der Waals surface area contributed by atoms with Crippen LogP contribution in [0.15, 0.2) is 0 Å². The zero-order valence-electron chi connectivity index (χ0n) is 10.1. The topological polar surface area (TPSA) is 55.6 Å². The second kappa shape index (κ2) is 6.86. The van der Waals surface area contributed by atoms with Gasteiger partial charge in [-0.2, -0.15) is 0 Å². The summed E-state index contributed by atoms with van der Waals surface area (Å²) in [6, 6.07) is 0. The fourth-order valence-corrected chi connectivity index (χ4v) is 2.10. The minimum Gasteiger partial charge on any atom is -0.381 e. The highest BCUT2D eigenvalue weighted by Gasteiger charge is 2.32. The maximum Gasteiger partial charge on any atom is 0.255 e. The van der Waals surface area contributed by atoms with Crippen LogP contribution in [0.25, 0.3) is 0 Å². The SMILES string of the molecule is CC1COCCC1C(=O)N(CCN)CC(F)F. The molecule has 2 unspecified atom stereocenters. The van der Waals surface area contributed by atoms with E-state index in [0.29, 0.717) is 19.6 Å². The van der Waals surface area contributed by atoms with Crippen molar-refractivity contribution in [1.29, 1.82) is 0 Å². The van der Waals surface area contributed by atoms with E-state index < -0.39 is 13.0 Å². The first-order valence-electron chi connectivity index (χ1n) is 5.91. The summed E-state index contributed by atoms with van der Waals surface area (Å²) >= 11 is 0. The van der Waals surface area contributed by atoms with Crippen LogP contribution in [0.3, 0.4) is 0 Å². The van der Waals surface area contributed by atoms with Crippen molar-refractivity contribution in [2.24, 2.45) is 17.6 Å². The lowest BCUT2D eigenvalue weighted by Gasteiger charge is -2.32. The molecule has 0 radical (unpaired) electrons. The van der Waals surface area contributed by atoms with Crippen molar-refractivity contribution >= 4 is 5.91 Å². The molecule has 1 fully saturated rings. The van der Waals surface area contributed by atoms with Crippen molar-refractivity contribution in [3.63, 3.8) is 0 Å². The lowest BCUT2D eigenvalue weighted by Crippen LogP contribution is -2.45. The first kappa shape index (κ1) is 14.3. The van der Waals surface area contributed by atoms with Gasteiger partial charge in [-0.15, -0.1) is 0 Å². The van der Waals surface area contributed by atoms with E-state index in [4.69, 9.17) is 10.5 Å². The molecule has 0 bridgehead atoms. The third kappa shape index (κ3) is 4.20. The Kier molecular flexibility index (Phi) is 5.77. The number of hydrogen-bond acceptors (Lipinski definition) is 3. The van der Waals surface area contributed by atoms with Crippen LogP contribution in [0.2, 0.25) is 0 Å². The molecule has 6 heteroatoms. The monoisotopic (exact) mass is 250 g/mol. The summed E-state index contributed by atoms with van der Waals surface area (Å²) in [7, 11) is 0. The Labute approximate surface area is 100 Å². The van der Waals surface area contributed by atoms with E-state index in [1.807, 2.05) is 6.92 Å². The summed E-state index contributed by atoms with van der Waals surface area (Å²) in [6.07, 6.45) is -1.91. The minimum atomic E-state index is -2.51. The largest absolute Gasteiger partial charge is 0.381 e. The van der Waals surface area contributed by atoms with Crippen molar-refractivity contribution < 1.29 is 18.3 Å². The molecule has 0 aromatic heterocycles. The molecule has 0 aliphatic carbocycles. The summed E-state index contributed by atoms with van der Waals surface area (Å²) in [5, 5.41) is 0. The van der Waals surface area contributed by atoms with E-state index in [9.17, 15) is 13.6 Å². The predicted molar refractivity (Wildman–Crippen MR) is 59.7 cm³/mol. The normalized spacial score (nSPS) is 25.0. The predicted octanol–water partition coefficient (Wildman–Crippen LogP) is 0.711. The van der Waals surface area contributed by atoms with E-state index in [1.54, 1.807) is 0 Å². The molecule has 100 valence electrons. The molecule has 1 saturated heterocycles. The lowest BCUT2D eigenvalue weighted by atomic mass is 9.88. The summed E-state index contributed by atoms with van der Waals surface area (Å²) < 4.78 is 30.0. The highest BCUT2D eigenvalue weighted by Crippen LogP contribution is 2.23. The third-order valence-corrected chi connectivity index (χ3v) is 3.03. The Morgan fingerprint density at radius 3 is 2.82 bits per heavy atom. The molecule has 0 spiro atoms. The summed E-state index contributed by atoms with van der Waals surface area (Å²) in [5.41, 5.74) is 5.34. The number of halogens is 2. The van der Waals surface area contributed by atoms with Gasteiger partial charge in [-0.3, -0.25) is 4.79 Å². The molecule has 1 aliphatic rings. The van der Waals surface area contributed by atoms with Gasteiger partial charge in [-0.05, 0) is 12.3 Å². The van der Waals surface area contributed by atoms with Gasteiger partial charge in [0.15, 0.2) is 0 Å². The van der Waals surface area contributed by atoms with Crippen LogP contribution in [0, 0.1) is 11.8 Å². The van der Waals surface area contributed by atoms with Gasteiger partial charge in [0.2, 0.25) is 5.91 Å². The van der Waals surface area contributed by atoms with Crippen molar-refractivity contribution in [1.82, 2.24) is 4.90 Å². The van der Waals surface area contributed by atoms with E-state index in [1.165, 1.54) is 4.90 Å². The molecule has 1 heterocycles. The van der Waals surface area contributed by atoms with Crippen LogP contribution in [-0.2, 0) is 9.53 Å². The number of carbonyl (C=O) groups is 1. The van der Waals surface area contributed by atoms with E-state index >= 15 is 0 Å². The Bertz CT molecular complexity index is 252. The van der Waals surface area contributed by atoms with Gasteiger partial charge in [0.25, 0.3) is 6.43 Å². The Morgan fingerprint density at radius 1 is 1.59 bits per heavy atom. The second-order valence-corrected chi connectivity index (χ2v) is 4.41. The van der Waals surface area contributed by atoms with Crippen LogP contribution in [0.4, 0.5) is 8.78 Å². The van der Waals surface area contributed by atoms with Crippen LogP contribution >= 0.6 is 0 Å². The Balaban J connectivity index is 2.61. The fraction of sp³-hybridized carbons (Fsp3) is 0.909. The first-order valence-corrected chi connectivity index (χ1v) is 5.91. The molecular weight excluding hydrogens is 230 g/mol. The molecule has 1 rings (SSSR count). The first-order chi connectivity index (χ1) is 8.06. The van der Waals surface area contributed by atoms with Crippen molar-refractivity contribution in [3.8, 4) is 0 Å². The maximum atomic E-state index is 12.4. The number of nitrogens with two attached hydrogens (primary N) is 1. The number of hydrogen-bond donors (Lipinski definition) is 1. The van der Waals surface area contributed by atoms with Crippen LogP contribution < -0.4 is 5.73 Å². The van der Waals surface area contributed by atoms with Gasteiger partial charge in [0.1, 0.15) is 0 Å². The van der Waals surface area contributed by atoms with E-state index in [2.05, 4.69) is 0 Å². The molecule has 4 nitrogen and oxygen atoms in total. The smallest absolute Gasteiger partial charge is 0.255 e. The van der Waals surface area contributed by atoms with Gasteiger partial charge >= 0.3 is 0 Å². The molecular formula is C11H20F2N2O2. The molecule has 0 saturated carbocycles. The quantitative estimate of drug-likeness (QED) is 0.782. The van der Waals surface area contributed by atoms with Gasteiger partial charge in [0, 0.05) is 32.2 Å². The van der Waals surface area contributed by atoms with Crippen LogP contribution in [0.1, 0.15) is 13.3 Å². The van der Waals surface area contributed by atoms with E-state index in [-0.39, 0.29) is 30.8 Å². The third-order valence-electron chi connectivity index (χ3n) is 3.03. The zero-order chi connectivity index (χ0) is 12.8. The molecule has 0 aromatic rings. The standard InChI is InChI=1S/C11H20F2N2O2/c1-8-7-17-5-2-9(8)11(16)15(4-3-14)6-10(12)13/h8-10H,2-7,14H2,1H3. The Morgan fingerprint density at radius 2 is 2.29 bits per heavy atom. The highest BCUT2D eigenvalue weighted by molar-refractivity contribution is 5.79. The fourth-order valence-electron chi connectivity index (χ4n) is 2.10. The van der Waals surface area contributed by atoms with Crippen LogP contribution in [-0.4, -0.2) is 50.1 Å². The minimum absolute atomic E-state index is 0.0780. The van der Waals surface area contributed by atoms with Crippen molar-refractivity contribution in [3.05, 3.63) is 0 Å². The number of carbonyl (C=O) groups excluding carboxylic acids is 1. The number of amides is 1. The summed E-state index contributed by atoms with van der Waals surface area (Å²) in [4.78, 5) is 13.3. The van der Waals surface area contributed by atoms with Crippen molar-refractivity contribution in [2.75, 3.05) is 32.8 Å². The van der Waals surface area contributed by atoms with Crippen LogP contribution in [0.5, 0.6) is 0 Å². The van der Waals surface area contributed by atoms with Gasteiger partial charge in [0.05, 0.1) is 6.54 Å². The maximum absolute atomic E-state index is 12.4. The number of alkyl halides is 2. The molecule has 17 heavy (non-hydrogen) atoms. The van der Waals surface area contributed by atoms with E-state index in [0.717, 1.165) is 0 Å². The summed E-state index contributed by atoms with van der Waals surface area (Å²) in [5.74, 6) is -0.352. The average Bonchev–Trinajstić information content (AvgIpc) is 2.28. The lowest BCUT2D eigenvalue weighted by molar-refractivity contribution is -0.143. The number of nitrogens with zero attached hydrogens (tertiary/aromatic N) is 1. The van der Waals surface area contributed by atoms with Crippen molar-refractivity contribution in [2.45, 2.75) is 19.8 Å². The highest BCUT2D eigenvalue weighted by atomic mass is 19.3. The average molecular weight is 250 g/mol. The number of rotatable bonds is 5. The molecule has 1 amide bonds. The van der Waals surface area contributed by atoms with Gasteiger partial charge < -0.3 is 15.4 Å². The molecule has 2 N–H and O–H groups in total. The van der Waals surface area contributed by atoms with Gasteiger partial charge in [-0.25, -0.2) is 8.78 Å². The Hall–Kier alpha value is -0.750. The molecule has 0 aromatic carbocycles. The number of ether oxygens (including phenoxy) is 1. The summed E-state index contributed by atoms with van der Waals surface area (Å²) in [6.45, 7) is 2.81. The molecule has 2 atom stereocenters. The zero-order valence-corrected chi connectivity index (χ0v) is 10.1.